The zero-order valence-electron chi connectivity index (χ0n) is 16.8. The van der Waals surface area contributed by atoms with Gasteiger partial charge in [0.05, 0.1) is 48.0 Å². The average Bonchev–Trinajstić information content (AvgIpc) is 3.23. The lowest BCUT2D eigenvalue weighted by Crippen LogP contribution is -2.25. The van der Waals surface area contributed by atoms with Gasteiger partial charge in [-0.2, -0.15) is 42.1 Å². The Bertz CT molecular complexity index is 1260. The van der Waals surface area contributed by atoms with Crippen molar-refractivity contribution in [2.45, 2.75) is 25.7 Å². The Labute approximate surface area is 195 Å². The maximum Gasteiger partial charge on any atom is 0.323 e. The van der Waals surface area contributed by atoms with Gasteiger partial charge in [-0.15, -0.1) is 7.26 Å². The molecule has 198 valence electrons. The number of ether oxygens (including phenoxy) is 1. The van der Waals surface area contributed by atoms with E-state index in [4.69, 9.17) is 0 Å². The molecule has 0 aromatic heterocycles. The van der Waals surface area contributed by atoms with Crippen LogP contribution in [-0.2, 0) is 81.2 Å². The highest BCUT2D eigenvalue weighted by atomic mass is 32.3. The molecule has 17 nitrogen and oxygen atoms in total. The highest BCUT2D eigenvalue weighted by Crippen LogP contribution is 2.12. The summed E-state index contributed by atoms with van der Waals surface area (Å²) in [7, 11) is -18.5. The maximum atomic E-state index is 10.5. The van der Waals surface area contributed by atoms with Gasteiger partial charge in [-0.25, -0.2) is 0 Å². The van der Waals surface area contributed by atoms with Crippen molar-refractivity contribution in [1.29, 1.82) is 0 Å². The minimum Gasteiger partial charge on any atom is -0.393 e. The lowest BCUT2D eigenvalue weighted by Gasteiger charge is -2.09. The third kappa shape index (κ3) is 12.7. The second-order valence-corrected chi connectivity index (χ2v) is 15.2. The van der Waals surface area contributed by atoms with Crippen LogP contribution in [0.25, 0.3) is 0 Å². The minimum absolute atomic E-state index is 0.00231. The van der Waals surface area contributed by atoms with E-state index in [2.05, 4.69) is 16.2 Å². The molecular weight excluding hydrogens is 576 g/mol. The molecule has 4 rings (SSSR count). The molecule has 0 unspecified atom stereocenters. The van der Waals surface area contributed by atoms with Crippen molar-refractivity contribution in [3.05, 3.63) is 0 Å². The SMILES string of the molecule is O=C1CCC(=O)O1.O=C1CCS(=O)(=O)O1.O=S1(=O)CCCS(=O)(=O)O1.O=S1(=O)CCS(=O)(=O)O1. The zero-order valence-corrected chi connectivity index (χ0v) is 20.9. The summed E-state index contributed by atoms with van der Waals surface area (Å²) in [5.74, 6) is -2.85. The molecule has 34 heavy (non-hydrogen) atoms. The molecule has 0 amide bonds. The third-order valence-electron chi connectivity index (χ3n) is 3.32. The summed E-state index contributed by atoms with van der Waals surface area (Å²) in [5, 5.41) is 0. The van der Waals surface area contributed by atoms with Gasteiger partial charge in [-0.1, -0.05) is 0 Å². The van der Waals surface area contributed by atoms with Crippen molar-refractivity contribution >= 4 is 68.5 Å². The smallest absolute Gasteiger partial charge is 0.323 e. The number of cyclic esters (lactones) is 2. The molecule has 4 fully saturated rings. The van der Waals surface area contributed by atoms with Gasteiger partial charge in [0.15, 0.2) is 0 Å². The molecule has 0 aromatic rings. The molecule has 22 heteroatoms. The van der Waals surface area contributed by atoms with Gasteiger partial charge in [-0.3, -0.25) is 14.4 Å². The number of esters is 2. The van der Waals surface area contributed by atoms with Crippen LogP contribution < -0.4 is 0 Å². The van der Waals surface area contributed by atoms with E-state index in [-0.39, 0.29) is 42.9 Å². The van der Waals surface area contributed by atoms with Gasteiger partial charge in [0.2, 0.25) is 0 Å². The van der Waals surface area contributed by atoms with Crippen molar-refractivity contribution in [2.24, 2.45) is 0 Å². The Kier molecular flexibility index (Phi) is 10.1. The number of carbonyl (C=O) groups excluding carboxylic acids is 3. The normalized spacial score (nSPS) is 26.8. The molecular formula is C12H18O17S5. The lowest BCUT2D eigenvalue weighted by molar-refractivity contribution is -0.152. The van der Waals surface area contributed by atoms with E-state index < -0.39 is 80.0 Å². The Morgan fingerprint density at radius 2 is 0.824 bits per heavy atom. The van der Waals surface area contributed by atoms with Crippen LogP contribution >= 0.6 is 0 Å². The fraction of sp³-hybridized carbons (Fsp3) is 0.750. The minimum atomic E-state index is -3.78. The molecule has 0 aliphatic carbocycles. The van der Waals surface area contributed by atoms with E-state index in [1.807, 2.05) is 0 Å². The number of hydrogen-bond donors (Lipinski definition) is 0. The second-order valence-electron chi connectivity index (χ2n) is 6.35. The molecule has 4 saturated heterocycles. The highest BCUT2D eigenvalue weighted by molar-refractivity contribution is 8.03. The quantitative estimate of drug-likeness (QED) is 0.152. The number of carbonyl (C=O) groups is 3. The molecule has 4 aliphatic rings. The van der Waals surface area contributed by atoms with E-state index in [1.54, 1.807) is 0 Å². The molecule has 0 saturated carbocycles. The van der Waals surface area contributed by atoms with Crippen LogP contribution in [0, 0.1) is 0 Å². The van der Waals surface area contributed by atoms with Crippen LogP contribution in [0.4, 0.5) is 0 Å². The highest BCUT2D eigenvalue weighted by Gasteiger charge is 2.32. The second kappa shape index (κ2) is 11.3. The van der Waals surface area contributed by atoms with Crippen molar-refractivity contribution in [3.63, 3.8) is 0 Å². The molecule has 0 aromatic carbocycles. The first-order chi connectivity index (χ1) is 15.2. The lowest BCUT2D eigenvalue weighted by atomic mass is 10.4. The number of hydrogen-bond acceptors (Lipinski definition) is 17. The Hall–Kier alpha value is -1.72. The summed E-state index contributed by atoms with van der Waals surface area (Å²) in [6.45, 7) is 0. The molecule has 0 radical (unpaired) electrons. The van der Waals surface area contributed by atoms with Crippen LogP contribution in [0.2, 0.25) is 0 Å². The van der Waals surface area contributed by atoms with E-state index in [0.717, 1.165) is 0 Å². The Morgan fingerprint density at radius 3 is 0.971 bits per heavy atom. The fourth-order valence-corrected chi connectivity index (χ4v) is 9.23. The topological polar surface area (TPSA) is 259 Å². The van der Waals surface area contributed by atoms with Crippen molar-refractivity contribution in [2.75, 3.05) is 28.8 Å². The standard InChI is InChI=1S/C4H4O3.C3H6O5S2.C3H4O4S.C2H4O5S2/c5-3-1-2-4(6)7-3;4-9(5)2-1-3-10(6,7)8-9;4-3-1-2-8(5,6)7-3;3-8(4)1-2-9(5,6)7-8/h1-2H2;1-3H2;1-2H2;1-2H2. The summed E-state index contributed by atoms with van der Waals surface area (Å²) in [6, 6.07) is 0. The summed E-state index contributed by atoms with van der Waals surface area (Å²) >= 11 is 0. The Balaban J connectivity index is 0.000000228. The first kappa shape index (κ1) is 30.3. The molecule has 0 bridgehead atoms. The van der Waals surface area contributed by atoms with E-state index in [9.17, 15) is 56.5 Å². The van der Waals surface area contributed by atoms with Gasteiger partial charge < -0.3 is 8.92 Å². The van der Waals surface area contributed by atoms with Gasteiger partial charge >= 0.3 is 28.0 Å². The van der Waals surface area contributed by atoms with Crippen LogP contribution in [-0.4, -0.2) is 88.8 Å². The van der Waals surface area contributed by atoms with Crippen LogP contribution in [0.5, 0.6) is 0 Å². The van der Waals surface area contributed by atoms with Crippen molar-refractivity contribution < 1.29 is 72.7 Å². The van der Waals surface area contributed by atoms with E-state index in [0.29, 0.717) is 0 Å². The molecule has 4 aliphatic heterocycles. The van der Waals surface area contributed by atoms with Crippen LogP contribution in [0.15, 0.2) is 0 Å². The van der Waals surface area contributed by atoms with Gasteiger partial charge in [0.25, 0.3) is 40.5 Å². The maximum absolute atomic E-state index is 10.5. The molecule has 4 heterocycles. The number of rotatable bonds is 0. The monoisotopic (exact) mass is 594 g/mol. The van der Waals surface area contributed by atoms with Gasteiger partial charge in [-0.05, 0) is 6.42 Å². The summed E-state index contributed by atoms with van der Waals surface area (Å²) in [6.07, 6.45) is 0.657. The largest absolute Gasteiger partial charge is 0.393 e. The van der Waals surface area contributed by atoms with Gasteiger partial charge in [0, 0.05) is 0 Å². The molecule has 0 N–H and O–H groups in total. The van der Waals surface area contributed by atoms with Crippen molar-refractivity contribution in [3.8, 4) is 0 Å². The summed E-state index contributed by atoms with van der Waals surface area (Å²) in [5.41, 5.74) is 0. The fourth-order valence-electron chi connectivity index (χ4n) is 1.94. The predicted octanol–water partition coefficient (Wildman–Crippen LogP) is -3.14. The summed E-state index contributed by atoms with van der Waals surface area (Å²) < 4.78 is 119. The third-order valence-corrected chi connectivity index (χ3v) is 11.0. The zero-order chi connectivity index (χ0) is 26.4. The molecule has 0 atom stereocenters. The first-order valence-corrected chi connectivity index (χ1v) is 16.6. The van der Waals surface area contributed by atoms with Crippen molar-refractivity contribution in [1.82, 2.24) is 0 Å². The van der Waals surface area contributed by atoms with Crippen LogP contribution in [0.3, 0.4) is 0 Å². The van der Waals surface area contributed by atoms with E-state index in [1.165, 1.54) is 0 Å². The first-order valence-electron chi connectivity index (χ1n) is 8.73. The van der Waals surface area contributed by atoms with E-state index >= 15 is 0 Å². The average molecular weight is 595 g/mol. The summed E-state index contributed by atoms with van der Waals surface area (Å²) in [4.78, 5) is 30.1. The predicted molar refractivity (Wildman–Crippen MR) is 107 cm³/mol. The van der Waals surface area contributed by atoms with Gasteiger partial charge in [0.1, 0.15) is 0 Å². The van der Waals surface area contributed by atoms with Crippen LogP contribution in [0.1, 0.15) is 25.7 Å². The molecule has 0 spiro atoms. The Morgan fingerprint density at radius 1 is 0.441 bits per heavy atom.